The number of hydrogen-bond donors (Lipinski definition) is 0. The molecule has 0 amide bonds. The minimum Gasteiger partial charge on any atom is -0.492 e. The second-order valence-corrected chi connectivity index (χ2v) is 5.09. The highest BCUT2D eigenvalue weighted by Crippen LogP contribution is 2.24. The van der Waals surface area contributed by atoms with Gasteiger partial charge in [-0.2, -0.15) is 0 Å². The Morgan fingerprint density at radius 3 is 2.89 bits per heavy atom. The van der Waals surface area contributed by atoms with Crippen LogP contribution < -0.4 is 4.74 Å². The summed E-state index contributed by atoms with van der Waals surface area (Å²) in [5.74, 6) is 0.426. The molecule has 5 heteroatoms. The molecule has 0 fully saturated rings. The number of hydrogen-bond acceptors (Lipinski definition) is 3. The van der Waals surface area contributed by atoms with Crippen LogP contribution in [0.3, 0.4) is 0 Å². The summed E-state index contributed by atoms with van der Waals surface area (Å²) in [6.45, 7) is 2.40. The number of carbonyl (C=O) groups excluding carboxylic acids is 1. The minimum atomic E-state index is -0.150. The van der Waals surface area contributed by atoms with Gasteiger partial charge in [0.25, 0.3) is 0 Å². The first-order valence-corrected chi connectivity index (χ1v) is 6.86. The Hall–Kier alpha value is -1.39. The van der Waals surface area contributed by atoms with Gasteiger partial charge < -0.3 is 4.74 Å². The van der Waals surface area contributed by atoms with Gasteiger partial charge in [-0.15, -0.1) is 0 Å². The molecule has 1 aromatic carbocycles. The fourth-order valence-electron chi connectivity index (χ4n) is 1.62. The van der Waals surface area contributed by atoms with Crippen molar-refractivity contribution in [2.75, 3.05) is 6.61 Å². The zero-order valence-electron chi connectivity index (χ0n) is 10.2. The van der Waals surface area contributed by atoms with Crippen molar-refractivity contribution in [3.63, 3.8) is 0 Å². The van der Waals surface area contributed by atoms with Gasteiger partial charge in [0.05, 0.1) is 12.8 Å². The number of rotatable bonds is 4. The van der Waals surface area contributed by atoms with Crippen LogP contribution in [0.2, 0.25) is 5.02 Å². The molecule has 0 aliphatic rings. The number of ketones is 1. The lowest BCUT2D eigenvalue weighted by atomic mass is 10.1. The van der Waals surface area contributed by atoms with E-state index in [-0.39, 0.29) is 5.78 Å². The average molecular weight is 341 g/mol. The molecule has 1 aromatic heterocycles. The van der Waals surface area contributed by atoms with Crippen LogP contribution in [0.25, 0.3) is 0 Å². The van der Waals surface area contributed by atoms with Crippen LogP contribution in [0.1, 0.15) is 22.8 Å². The maximum absolute atomic E-state index is 12.4. The highest BCUT2D eigenvalue weighted by Gasteiger charge is 2.14. The van der Waals surface area contributed by atoms with Gasteiger partial charge in [0.1, 0.15) is 5.75 Å². The summed E-state index contributed by atoms with van der Waals surface area (Å²) in [4.78, 5) is 16.4. The van der Waals surface area contributed by atoms with E-state index in [4.69, 9.17) is 16.3 Å². The van der Waals surface area contributed by atoms with E-state index in [0.29, 0.717) is 33.0 Å². The maximum atomic E-state index is 12.4. The van der Waals surface area contributed by atoms with Gasteiger partial charge in [-0.1, -0.05) is 27.5 Å². The largest absolute Gasteiger partial charge is 0.492 e. The standard InChI is InChI=1S/C14H11BrClNO2/c1-2-19-11-5-9(7-17-8-11)14(18)12-6-10(16)3-4-13(12)15/h3-8H,2H2,1H3. The molecule has 0 spiro atoms. The second kappa shape index (κ2) is 6.17. The first-order valence-electron chi connectivity index (χ1n) is 5.69. The number of aromatic nitrogens is 1. The van der Waals surface area contributed by atoms with Crippen LogP contribution in [-0.2, 0) is 0 Å². The van der Waals surface area contributed by atoms with Crippen molar-refractivity contribution in [1.82, 2.24) is 4.98 Å². The Morgan fingerprint density at radius 1 is 1.37 bits per heavy atom. The van der Waals surface area contributed by atoms with E-state index < -0.39 is 0 Å². The van der Waals surface area contributed by atoms with Crippen LogP contribution in [0.15, 0.2) is 41.1 Å². The van der Waals surface area contributed by atoms with Gasteiger partial charge >= 0.3 is 0 Å². The molecule has 0 unspecified atom stereocenters. The van der Waals surface area contributed by atoms with Crippen molar-refractivity contribution >= 4 is 33.3 Å². The molecule has 0 saturated heterocycles. The molecular formula is C14H11BrClNO2. The third kappa shape index (κ3) is 3.33. The Bertz CT molecular complexity index is 616. The summed E-state index contributed by atoms with van der Waals surface area (Å²) in [6.07, 6.45) is 3.09. The van der Waals surface area contributed by atoms with Crippen LogP contribution in [0, 0.1) is 0 Å². The van der Waals surface area contributed by atoms with Crippen LogP contribution in [0.4, 0.5) is 0 Å². The molecule has 1 heterocycles. The number of halogens is 2. The van der Waals surface area contributed by atoms with E-state index in [1.807, 2.05) is 6.92 Å². The Balaban J connectivity index is 2.38. The van der Waals surface area contributed by atoms with E-state index in [1.165, 1.54) is 6.20 Å². The van der Waals surface area contributed by atoms with Crippen molar-refractivity contribution < 1.29 is 9.53 Å². The molecule has 0 atom stereocenters. The zero-order valence-corrected chi connectivity index (χ0v) is 12.5. The lowest BCUT2D eigenvalue weighted by Crippen LogP contribution is -2.04. The number of nitrogens with zero attached hydrogens (tertiary/aromatic N) is 1. The third-order valence-electron chi connectivity index (χ3n) is 2.46. The zero-order chi connectivity index (χ0) is 13.8. The van der Waals surface area contributed by atoms with Gasteiger partial charge in [-0.25, -0.2) is 0 Å². The SMILES string of the molecule is CCOc1cncc(C(=O)c2cc(Cl)ccc2Br)c1. The molecule has 19 heavy (non-hydrogen) atoms. The van der Waals surface area contributed by atoms with Crippen LogP contribution in [-0.4, -0.2) is 17.4 Å². The molecule has 0 saturated carbocycles. The van der Waals surface area contributed by atoms with Gasteiger partial charge in [0.2, 0.25) is 0 Å². The summed E-state index contributed by atoms with van der Waals surface area (Å²) >= 11 is 9.26. The molecule has 0 bridgehead atoms. The van der Waals surface area contributed by atoms with Crippen molar-refractivity contribution in [2.24, 2.45) is 0 Å². The number of ether oxygens (including phenoxy) is 1. The molecule has 2 aromatic rings. The predicted molar refractivity (Wildman–Crippen MR) is 78.0 cm³/mol. The quantitative estimate of drug-likeness (QED) is 0.786. The molecule has 98 valence electrons. The first-order chi connectivity index (χ1) is 9.11. The molecule has 0 aliphatic carbocycles. The van der Waals surface area contributed by atoms with E-state index in [2.05, 4.69) is 20.9 Å². The summed E-state index contributed by atoms with van der Waals surface area (Å²) in [5.41, 5.74) is 0.969. The normalized spacial score (nSPS) is 10.3. The highest BCUT2D eigenvalue weighted by atomic mass is 79.9. The summed E-state index contributed by atoms with van der Waals surface area (Å²) in [7, 11) is 0. The Morgan fingerprint density at radius 2 is 2.16 bits per heavy atom. The lowest BCUT2D eigenvalue weighted by Gasteiger charge is -2.06. The summed E-state index contributed by atoms with van der Waals surface area (Å²) < 4.78 is 6.03. The smallest absolute Gasteiger partial charge is 0.195 e. The first kappa shape index (κ1) is 14.0. The van der Waals surface area contributed by atoms with Crippen molar-refractivity contribution in [3.8, 4) is 5.75 Å². The minimum absolute atomic E-state index is 0.150. The highest BCUT2D eigenvalue weighted by molar-refractivity contribution is 9.10. The van der Waals surface area contributed by atoms with Crippen LogP contribution >= 0.6 is 27.5 Å². The van der Waals surface area contributed by atoms with Gasteiger partial charge in [0.15, 0.2) is 5.78 Å². The average Bonchev–Trinajstić information content (AvgIpc) is 2.41. The monoisotopic (exact) mass is 339 g/mol. The summed E-state index contributed by atoms with van der Waals surface area (Å²) in [5, 5.41) is 0.514. The van der Waals surface area contributed by atoms with E-state index >= 15 is 0 Å². The van der Waals surface area contributed by atoms with E-state index in [0.717, 1.165) is 0 Å². The molecule has 2 rings (SSSR count). The predicted octanol–water partition coefficient (Wildman–Crippen LogP) is 4.13. The van der Waals surface area contributed by atoms with Crippen molar-refractivity contribution in [2.45, 2.75) is 6.92 Å². The number of benzene rings is 1. The van der Waals surface area contributed by atoms with Gasteiger partial charge in [0, 0.05) is 26.8 Å². The molecular weight excluding hydrogens is 330 g/mol. The van der Waals surface area contributed by atoms with Crippen molar-refractivity contribution in [1.29, 1.82) is 0 Å². The van der Waals surface area contributed by atoms with E-state index in [9.17, 15) is 4.79 Å². The molecule has 0 aliphatic heterocycles. The fourth-order valence-corrected chi connectivity index (χ4v) is 2.21. The van der Waals surface area contributed by atoms with Crippen LogP contribution in [0.5, 0.6) is 5.75 Å². The molecule has 3 nitrogen and oxygen atoms in total. The van der Waals surface area contributed by atoms with Crippen molar-refractivity contribution in [3.05, 3.63) is 57.3 Å². The van der Waals surface area contributed by atoms with Gasteiger partial charge in [-0.3, -0.25) is 9.78 Å². The number of carbonyl (C=O) groups is 1. The lowest BCUT2D eigenvalue weighted by molar-refractivity contribution is 0.103. The fraction of sp³-hybridized carbons (Fsp3) is 0.143. The molecule has 0 radical (unpaired) electrons. The second-order valence-electron chi connectivity index (χ2n) is 3.80. The Labute approximate surface area is 124 Å². The molecule has 0 N–H and O–H groups in total. The van der Waals surface area contributed by atoms with Gasteiger partial charge in [-0.05, 0) is 31.2 Å². The van der Waals surface area contributed by atoms with E-state index in [1.54, 1.807) is 30.5 Å². The Kier molecular flexibility index (Phi) is 4.56. The third-order valence-corrected chi connectivity index (χ3v) is 3.39. The maximum Gasteiger partial charge on any atom is 0.195 e. The number of pyridine rings is 1. The topological polar surface area (TPSA) is 39.2 Å². The summed E-state index contributed by atoms with van der Waals surface area (Å²) in [6, 6.07) is 6.76.